The van der Waals surface area contributed by atoms with Crippen molar-refractivity contribution < 1.29 is 0 Å². The summed E-state index contributed by atoms with van der Waals surface area (Å²) in [5.74, 6) is 0. The van der Waals surface area contributed by atoms with E-state index in [1.807, 2.05) is 30.4 Å². The summed E-state index contributed by atoms with van der Waals surface area (Å²) in [4.78, 5) is 21.0. The Morgan fingerprint density at radius 1 is 1.39 bits per heavy atom. The summed E-state index contributed by atoms with van der Waals surface area (Å²) < 4.78 is 1.62. The van der Waals surface area contributed by atoms with Gasteiger partial charge in [-0.15, -0.1) is 11.3 Å². The Labute approximate surface area is 139 Å². The highest BCUT2D eigenvalue weighted by Gasteiger charge is 2.25. The number of fused-ring (bicyclic) bond motifs is 2. The van der Waals surface area contributed by atoms with E-state index in [4.69, 9.17) is 4.98 Å². The van der Waals surface area contributed by atoms with Gasteiger partial charge in [-0.1, -0.05) is 6.07 Å². The fourth-order valence-electron chi connectivity index (χ4n) is 3.38. The molecule has 0 spiro atoms. The van der Waals surface area contributed by atoms with Crippen molar-refractivity contribution in [3.05, 3.63) is 67.9 Å². The standard InChI is InChI=1S/C18H19N3OS/c1-12-4-3-7-21-17(22)10-14(19-18(12)21)11-20-8-5-16-15(13(20)2)6-9-23-16/h3-4,6-7,9-10,13H,5,8,11H2,1-2H3/t13-/m1/s1. The van der Waals surface area contributed by atoms with Gasteiger partial charge in [0, 0.05) is 36.3 Å². The van der Waals surface area contributed by atoms with Gasteiger partial charge in [0.25, 0.3) is 5.56 Å². The molecule has 0 N–H and O–H groups in total. The highest BCUT2D eigenvalue weighted by atomic mass is 32.1. The summed E-state index contributed by atoms with van der Waals surface area (Å²) in [6.07, 6.45) is 2.87. The molecule has 1 aliphatic heterocycles. The molecule has 0 unspecified atom stereocenters. The van der Waals surface area contributed by atoms with Crippen LogP contribution in [0.15, 0.2) is 40.6 Å². The normalized spacial score (nSPS) is 18.3. The van der Waals surface area contributed by atoms with Crippen molar-refractivity contribution in [3.63, 3.8) is 0 Å². The fraction of sp³-hybridized carbons (Fsp3) is 0.333. The molecule has 1 atom stereocenters. The third kappa shape index (κ3) is 2.50. The number of aromatic nitrogens is 2. The Hall–Kier alpha value is -1.98. The SMILES string of the molecule is Cc1cccn2c(=O)cc(CN3CCc4sccc4[C@H]3C)nc12. The molecule has 1 aliphatic rings. The van der Waals surface area contributed by atoms with Gasteiger partial charge in [0.2, 0.25) is 0 Å². The lowest BCUT2D eigenvalue weighted by Crippen LogP contribution is -2.33. The predicted molar refractivity (Wildman–Crippen MR) is 93.0 cm³/mol. The lowest BCUT2D eigenvalue weighted by molar-refractivity contribution is 0.189. The molecule has 0 bridgehead atoms. The molecule has 0 radical (unpaired) electrons. The number of pyridine rings is 1. The largest absolute Gasteiger partial charge is 0.290 e. The maximum atomic E-state index is 12.3. The maximum Gasteiger partial charge on any atom is 0.258 e. The molecule has 4 rings (SSSR count). The summed E-state index contributed by atoms with van der Waals surface area (Å²) in [5, 5.41) is 2.18. The van der Waals surface area contributed by atoms with Crippen molar-refractivity contribution in [2.45, 2.75) is 32.9 Å². The predicted octanol–water partition coefficient (Wildman–Crippen LogP) is 3.18. The second-order valence-electron chi connectivity index (χ2n) is 6.17. The van der Waals surface area contributed by atoms with Crippen molar-refractivity contribution in [2.24, 2.45) is 0 Å². The first-order chi connectivity index (χ1) is 11.1. The quantitative estimate of drug-likeness (QED) is 0.726. The fourth-order valence-corrected chi connectivity index (χ4v) is 4.34. The van der Waals surface area contributed by atoms with E-state index < -0.39 is 0 Å². The van der Waals surface area contributed by atoms with Gasteiger partial charge in [0.1, 0.15) is 5.65 Å². The minimum atomic E-state index is -0.00501. The molecule has 0 amide bonds. The third-order valence-electron chi connectivity index (χ3n) is 4.71. The first kappa shape index (κ1) is 14.6. The van der Waals surface area contributed by atoms with Gasteiger partial charge in [0.05, 0.1) is 5.69 Å². The summed E-state index contributed by atoms with van der Waals surface area (Å²) in [5.41, 5.74) is 4.06. The summed E-state index contributed by atoms with van der Waals surface area (Å²) in [6, 6.07) is 8.15. The molecule has 4 nitrogen and oxygen atoms in total. The van der Waals surface area contributed by atoms with Crippen molar-refractivity contribution >= 4 is 17.0 Å². The number of hydrogen-bond donors (Lipinski definition) is 0. The molecule has 3 aromatic rings. The van der Waals surface area contributed by atoms with Crippen LogP contribution in [0.2, 0.25) is 0 Å². The number of rotatable bonds is 2. The number of hydrogen-bond acceptors (Lipinski definition) is 4. The van der Waals surface area contributed by atoms with E-state index in [0.717, 1.165) is 36.4 Å². The van der Waals surface area contributed by atoms with E-state index >= 15 is 0 Å². The first-order valence-corrected chi connectivity index (χ1v) is 8.79. The zero-order valence-corrected chi connectivity index (χ0v) is 14.1. The zero-order valence-electron chi connectivity index (χ0n) is 13.3. The minimum absolute atomic E-state index is 0.00501. The van der Waals surface area contributed by atoms with Crippen LogP contribution in [0.4, 0.5) is 0 Å². The Bertz CT molecular complexity index is 927. The first-order valence-electron chi connectivity index (χ1n) is 7.92. The summed E-state index contributed by atoms with van der Waals surface area (Å²) in [6.45, 7) is 5.97. The summed E-state index contributed by atoms with van der Waals surface area (Å²) in [7, 11) is 0. The minimum Gasteiger partial charge on any atom is -0.290 e. The molecule has 0 fully saturated rings. The second kappa shape index (κ2) is 5.58. The highest BCUT2D eigenvalue weighted by Crippen LogP contribution is 2.33. The molecule has 3 aromatic heterocycles. The van der Waals surface area contributed by atoms with Crippen molar-refractivity contribution in [2.75, 3.05) is 6.54 Å². The second-order valence-corrected chi connectivity index (χ2v) is 7.17. The van der Waals surface area contributed by atoms with Crippen molar-refractivity contribution in [3.8, 4) is 0 Å². The van der Waals surface area contributed by atoms with Crippen LogP contribution in [-0.4, -0.2) is 20.8 Å². The number of thiophene rings is 1. The van der Waals surface area contributed by atoms with Crippen LogP contribution in [0.3, 0.4) is 0 Å². The van der Waals surface area contributed by atoms with Crippen molar-refractivity contribution in [1.29, 1.82) is 0 Å². The highest BCUT2D eigenvalue weighted by molar-refractivity contribution is 7.10. The molecule has 0 aromatic carbocycles. The molecule has 5 heteroatoms. The zero-order chi connectivity index (χ0) is 16.0. The van der Waals surface area contributed by atoms with E-state index in [2.05, 4.69) is 23.3 Å². The monoisotopic (exact) mass is 325 g/mol. The van der Waals surface area contributed by atoms with Gasteiger partial charge < -0.3 is 0 Å². The Kier molecular flexibility index (Phi) is 3.54. The van der Waals surface area contributed by atoms with Crippen LogP contribution in [0.1, 0.15) is 34.7 Å². The summed E-state index contributed by atoms with van der Waals surface area (Å²) >= 11 is 1.85. The molecular formula is C18H19N3OS. The van der Waals surface area contributed by atoms with Gasteiger partial charge in [-0.05, 0) is 48.9 Å². The van der Waals surface area contributed by atoms with E-state index in [9.17, 15) is 4.79 Å². The van der Waals surface area contributed by atoms with Crippen LogP contribution >= 0.6 is 11.3 Å². The van der Waals surface area contributed by atoms with Gasteiger partial charge in [0.15, 0.2) is 0 Å². The molecule has 118 valence electrons. The van der Waals surface area contributed by atoms with Crippen LogP contribution in [-0.2, 0) is 13.0 Å². The van der Waals surface area contributed by atoms with E-state index in [1.54, 1.807) is 16.7 Å². The van der Waals surface area contributed by atoms with Gasteiger partial charge in [-0.2, -0.15) is 0 Å². The van der Waals surface area contributed by atoms with Crippen LogP contribution in [0.5, 0.6) is 0 Å². The Morgan fingerprint density at radius 2 is 2.26 bits per heavy atom. The number of aryl methyl sites for hydroxylation is 1. The molecule has 4 heterocycles. The van der Waals surface area contributed by atoms with Crippen LogP contribution < -0.4 is 5.56 Å². The van der Waals surface area contributed by atoms with Crippen LogP contribution in [0.25, 0.3) is 5.65 Å². The third-order valence-corrected chi connectivity index (χ3v) is 5.70. The molecule has 0 saturated heterocycles. The molecule has 0 aliphatic carbocycles. The maximum absolute atomic E-state index is 12.3. The lowest BCUT2D eigenvalue weighted by Gasteiger charge is -2.33. The smallest absolute Gasteiger partial charge is 0.258 e. The average molecular weight is 325 g/mol. The van der Waals surface area contributed by atoms with E-state index in [1.165, 1.54) is 10.4 Å². The molecular weight excluding hydrogens is 306 g/mol. The van der Waals surface area contributed by atoms with E-state index in [-0.39, 0.29) is 5.56 Å². The Balaban J connectivity index is 1.69. The van der Waals surface area contributed by atoms with Gasteiger partial charge in [-0.3, -0.25) is 14.1 Å². The average Bonchev–Trinajstić information content (AvgIpc) is 3.01. The topological polar surface area (TPSA) is 37.6 Å². The van der Waals surface area contributed by atoms with Gasteiger partial charge >= 0.3 is 0 Å². The van der Waals surface area contributed by atoms with Crippen LogP contribution in [0, 0.1) is 6.92 Å². The van der Waals surface area contributed by atoms with Gasteiger partial charge in [-0.25, -0.2) is 4.98 Å². The number of nitrogens with zero attached hydrogens (tertiary/aromatic N) is 3. The lowest BCUT2D eigenvalue weighted by atomic mass is 10.0. The van der Waals surface area contributed by atoms with E-state index in [0.29, 0.717) is 6.04 Å². The van der Waals surface area contributed by atoms with Crippen molar-refractivity contribution in [1.82, 2.24) is 14.3 Å². The Morgan fingerprint density at radius 3 is 3.13 bits per heavy atom. The molecule has 0 saturated carbocycles. The molecule has 23 heavy (non-hydrogen) atoms.